The van der Waals surface area contributed by atoms with E-state index >= 15 is 0 Å². The van der Waals surface area contributed by atoms with Gasteiger partial charge >= 0.3 is 6.03 Å². The number of aliphatic hydroxyl groups is 1. The van der Waals surface area contributed by atoms with Gasteiger partial charge in [0.05, 0.1) is 12.0 Å². The Labute approximate surface area is 189 Å². The number of urea groups is 1. The average molecular weight is 434 g/mol. The summed E-state index contributed by atoms with van der Waals surface area (Å²) in [5.41, 5.74) is 1.93. The number of amides is 3. The van der Waals surface area contributed by atoms with E-state index in [9.17, 15) is 14.7 Å². The lowest BCUT2D eigenvalue weighted by Crippen LogP contribution is -2.59. The second kappa shape index (κ2) is 8.58. The van der Waals surface area contributed by atoms with Crippen LogP contribution in [0.25, 0.3) is 0 Å². The van der Waals surface area contributed by atoms with Crippen molar-refractivity contribution in [2.24, 2.45) is 5.92 Å². The van der Waals surface area contributed by atoms with Crippen LogP contribution in [0.4, 0.5) is 10.5 Å². The number of anilines is 1. The fourth-order valence-corrected chi connectivity index (χ4v) is 5.87. The van der Waals surface area contributed by atoms with Gasteiger partial charge in [-0.2, -0.15) is 0 Å². The van der Waals surface area contributed by atoms with Gasteiger partial charge < -0.3 is 15.3 Å². The van der Waals surface area contributed by atoms with E-state index in [1.807, 2.05) is 59.5 Å². The predicted octanol–water partition coefficient (Wildman–Crippen LogP) is 3.44. The zero-order valence-corrected chi connectivity index (χ0v) is 18.4. The van der Waals surface area contributed by atoms with Crippen LogP contribution >= 0.6 is 0 Å². The van der Waals surface area contributed by atoms with Crippen LogP contribution in [0.1, 0.15) is 43.2 Å². The smallest absolute Gasteiger partial charge is 0.321 e. The van der Waals surface area contributed by atoms with Crippen LogP contribution in [-0.2, 0) is 16.8 Å². The molecule has 1 aliphatic carbocycles. The molecular formula is C26H31N3O3. The average Bonchev–Trinajstić information content (AvgIpc) is 3.26. The van der Waals surface area contributed by atoms with Crippen molar-refractivity contribution < 1.29 is 14.7 Å². The Bertz CT molecular complexity index is 978. The van der Waals surface area contributed by atoms with Crippen molar-refractivity contribution in [3.63, 3.8) is 0 Å². The number of nitrogens with zero attached hydrogens (tertiary/aromatic N) is 2. The zero-order chi connectivity index (χ0) is 22.1. The lowest BCUT2D eigenvalue weighted by molar-refractivity contribution is -0.154. The molecule has 3 fully saturated rings. The number of piperidine rings is 1. The molecule has 0 bridgehead atoms. The summed E-state index contributed by atoms with van der Waals surface area (Å²) in [4.78, 5) is 28.9. The van der Waals surface area contributed by atoms with Gasteiger partial charge in [-0.25, -0.2) is 4.79 Å². The minimum Gasteiger partial charge on any atom is -0.385 e. The number of hydrogen-bond acceptors (Lipinski definition) is 3. The molecule has 3 amide bonds. The van der Waals surface area contributed by atoms with E-state index in [0.717, 1.165) is 42.5 Å². The van der Waals surface area contributed by atoms with Crippen LogP contribution in [0.5, 0.6) is 0 Å². The molecule has 2 heterocycles. The van der Waals surface area contributed by atoms with Gasteiger partial charge in [0.1, 0.15) is 0 Å². The molecule has 5 rings (SSSR count). The molecule has 2 aromatic rings. The van der Waals surface area contributed by atoms with Crippen molar-refractivity contribution in [1.82, 2.24) is 10.2 Å². The number of carbonyl (C=O) groups excluding carboxylic acids is 2. The first-order valence-corrected chi connectivity index (χ1v) is 11.8. The molecule has 2 aromatic carbocycles. The second-order valence-electron chi connectivity index (χ2n) is 9.31. The Hall–Kier alpha value is -2.86. The predicted molar refractivity (Wildman–Crippen MR) is 123 cm³/mol. The fourth-order valence-electron chi connectivity index (χ4n) is 5.87. The van der Waals surface area contributed by atoms with Crippen LogP contribution in [0, 0.1) is 5.92 Å². The minimum atomic E-state index is -0.860. The van der Waals surface area contributed by atoms with Crippen molar-refractivity contribution in [3.8, 4) is 0 Å². The zero-order valence-electron chi connectivity index (χ0n) is 18.4. The summed E-state index contributed by atoms with van der Waals surface area (Å²) >= 11 is 0. The quantitative estimate of drug-likeness (QED) is 0.776. The van der Waals surface area contributed by atoms with Gasteiger partial charge in [0.2, 0.25) is 5.91 Å². The summed E-state index contributed by atoms with van der Waals surface area (Å²) in [7, 11) is 0. The van der Waals surface area contributed by atoms with Gasteiger partial charge in [-0.05, 0) is 42.5 Å². The number of likely N-dealkylation sites (tertiary alicyclic amines) is 1. The monoisotopic (exact) mass is 433 g/mol. The van der Waals surface area contributed by atoms with E-state index in [0.29, 0.717) is 32.5 Å². The second-order valence-corrected chi connectivity index (χ2v) is 9.31. The molecule has 0 aromatic heterocycles. The maximum atomic E-state index is 13.3. The molecule has 0 radical (unpaired) electrons. The molecule has 32 heavy (non-hydrogen) atoms. The molecule has 6 nitrogen and oxygen atoms in total. The number of fused-ring (bicyclic) bond motifs is 1. The van der Waals surface area contributed by atoms with Crippen molar-refractivity contribution in [3.05, 3.63) is 65.7 Å². The third-order valence-corrected chi connectivity index (χ3v) is 7.53. The van der Waals surface area contributed by atoms with Crippen LogP contribution < -0.4 is 10.2 Å². The topological polar surface area (TPSA) is 72.9 Å². The summed E-state index contributed by atoms with van der Waals surface area (Å²) in [6.45, 7) is 1.90. The van der Waals surface area contributed by atoms with Gasteiger partial charge in [0, 0.05) is 37.3 Å². The van der Waals surface area contributed by atoms with E-state index in [1.165, 1.54) is 0 Å². The Morgan fingerprint density at radius 1 is 1.03 bits per heavy atom. The Kier molecular flexibility index (Phi) is 5.64. The molecule has 2 saturated heterocycles. The van der Waals surface area contributed by atoms with Gasteiger partial charge in [-0.3, -0.25) is 9.69 Å². The maximum absolute atomic E-state index is 13.3. The maximum Gasteiger partial charge on any atom is 0.321 e. The van der Waals surface area contributed by atoms with Crippen molar-refractivity contribution in [2.75, 3.05) is 24.5 Å². The molecule has 3 aliphatic rings. The number of nitrogens with one attached hydrogen (secondary N) is 1. The van der Waals surface area contributed by atoms with E-state index < -0.39 is 5.60 Å². The van der Waals surface area contributed by atoms with Crippen LogP contribution in [-0.4, -0.2) is 47.6 Å². The molecule has 3 unspecified atom stereocenters. The van der Waals surface area contributed by atoms with Gasteiger partial charge in [0.25, 0.3) is 0 Å². The van der Waals surface area contributed by atoms with Crippen LogP contribution in [0.2, 0.25) is 0 Å². The summed E-state index contributed by atoms with van der Waals surface area (Å²) in [5.74, 6) is 0.205. The highest BCUT2D eigenvalue weighted by molar-refractivity contribution is 5.94. The SMILES string of the molecule is O=C1NCCN1c1ccc(CC(=O)N2CCC(O)(c3ccccc3)C3CCCCC32)cc1. The van der Waals surface area contributed by atoms with Crippen molar-refractivity contribution in [2.45, 2.75) is 50.2 Å². The summed E-state index contributed by atoms with van der Waals surface area (Å²) in [6, 6.07) is 17.7. The van der Waals surface area contributed by atoms with E-state index in [4.69, 9.17) is 0 Å². The van der Waals surface area contributed by atoms with Crippen LogP contribution in [0.15, 0.2) is 54.6 Å². The van der Waals surface area contributed by atoms with E-state index in [2.05, 4.69) is 5.32 Å². The molecule has 3 atom stereocenters. The number of hydrogen-bond donors (Lipinski definition) is 2. The van der Waals surface area contributed by atoms with Gasteiger partial charge in [0.15, 0.2) is 0 Å². The van der Waals surface area contributed by atoms with Crippen LogP contribution in [0.3, 0.4) is 0 Å². The molecular weight excluding hydrogens is 402 g/mol. The minimum absolute atomic E-state index is 0.0728. The molecule has 1 saturated carbocycles. The first-order valence-electron chi connectivity index (χ1n) is 11.8. The first kappa shape index (κ1) is 21.0. The Morgan fingerprint density at radius 2 is 1.78 bits per heavy atom. The number of carbonyl (C=O) groups is 2. The fraction of sp³-hybridized carbons (Fsp3) is 0.462. The standard InChI is InChI=1S/C26H31N3O3/c30-24(18-19-10-12-21(13-11-19)28-17-15-27-25(28)31)29-16-14-26(32,20-6-2-1-3-7-20)22-8-4-5-9-23(22)29/h1-3,6-7,10-13,22-23,32H,4-5,8-9,14-18H2,(H,27,31). The summed E-state index contributed by atoms with van der Waals surface area (Å²) in [6.07, 6.45) is 5.03. The van der Waals surface area contributed by atoms with Gasteiger partial charge in [-0.1, -0.05) is 55.3 Å². The largest absolute Gasteiger partial charge is 0.385 e. The summed E-state index contributed by atoms with van der Waals surface area (Å²) in [5, 5.41) is 14.5. The van der Waals surface area contributed by atoms with Gasteiger partial charge in [-0.15, -0.1) is 0 Å². The van der Waals surface area contributed by atoms with Crippen molar-refractivity contribution >= 4 is 17.6 Å². The highest BCUT2D eigenvalue weighted by atomic mass is 16.3. The third-order valence-electron chi connectivity index (χ3n) is 7.53. The highest BCUT2D eigenvalue weighted by Gasteiger charge is 2.50. The number of rotatable bonds is 4. The van der Waals surface area contributed by atoms with Crippen molar-refractivity contribution in [1.29, 1.82) is 0 Å². The lowest BCUT2D eigenvalue weighted by Gasteiger charge is -2.52. The van der Waals surface area contributed by atoms with E-state index in [1.54, 1.807) is 4.90 Å². The molecule has 2 N–H and O–H groups in total. The molecule has 168 valence electrons. The highest BCUT2D eigenvalue weighted by Crippen LogP contribution is 2.47. The Morgan fingerprint density at radius 3 is 2.50 bits per heavy atom. The number of benzene rings is 2. The first-order chi connectivity index (χ1) is 15.6. The summed E-state index contributed by atoms with van der Waals surface area (Å²) < 4.78 is 0. The molecule has 2 aliphatic heterocycles. The lowest BCUT2D eigenvalue weighted by atomic mass is 9.66. The Balaban J connectivity index is 1.31. The molecule has 6 heteroatoms. The normalized spacial score (nSPS) is 27.7. The van der Waals surface area contributed by atoms with E-state index in [-0.39, 0.29) is 23.9 Å². The third kappa shape index (κ3) is 3.77. The molecule has 0 spiro atoms.